The van der Waals surface area contributed by atoms with E-state index in [4.69, 9.17) is 5.73 Å². The van der Waals surface area contributed by atoms with Crippen molar-refractivity contribution in [2.24, 2.45) is 10.7 Å². The van der Waals surface area contributed by atoms with E-state index in [9.17, 15) is 4.79 Å². The fourth-order valence-corrected chi connectivity index (χ4v) is 3.70. The molecule has 24 heavy (non-hydrogen) atoms. The molecule has 0 fully saturated rings. The van der Waals surface area contributed by atoms with E-state index in [-0.39, 0.29) is 11.3 Å². The number of Topliss-reactive ketones (excluding diaryl/α,β-unsaturated/α-hetero) is 1. The number of aromatic nitrogens is 2. The fourth-order valence-electron chi connectivity index (χ4n) is 2.72. The molecule has 0 saturated carbocycles. The Hall–Kier alpha value is -2.21. The summed E-state index contributed by atoms with van der Waals surface area (Å²) in [6.45, 7) is 3.94. The van der Waals surface area contributed by atoms with Crippen molar-refractivity contribution in [1.82, 2.24) is 9.97 Å². The Kier molecular flexibility index (Phi) is 4.66. The van der Waals surface area contributed by atoms with Crippen LogP contribution in [0, 0.1) is 6.92 Å². The molecule has 2 aromatic rings. The van der Waals surface area contributed by atoms with Crippen molar-refractivity contribution < 1.29 is 4.79 Å². The molecule has 1 aromatic carbocycles. The van der Waals surface area contributed by atoms with Crippen LogP contribution in [-0.2, 0) is 12.0 Å². The maximum absolute atomic E-state index is 12.4. The number of carbonyl (C=O) groups excluding carboxylic acids is 1. The number of thioether (sulfide) groups is 1. The first-order valence-corrected chi connectivity index (χ1v) is 8.84. The number of nitrogens with zero attached hydrogens (tertiary/aromatic N) is 3. The third-order valence-corrected chi connectivity index (χ3v) is 4.97. The molecule has 0 spiro atoms. The molecule has 1 aliphatic rings. The zero-order valence-corrected chi connectivity index (χ0v) is 14.6. The molecular formula is C18H20N4OS. The van der Waals surface area contributed by atoms with Crippen LogP contribution in [0.1, 0.15) is 40.7 Å². The Labute approximate surface area is 145 Å². The fraction of sp³-hybridized carbons (Fsp3) is 0.333. The lowest BCUT2D eigenvalue weighted by Crippen LogP contribution is -2.28. The second-order valence-electron chi connectivity index (χ2n) is 6.17. The first-order chi connectivity index (χ1) is 11.5. The quantitative estimate of drug-likeness (QED) is 0.866. The monoisotopic (exact) mass is 340 g/mol. The van der Waals surface area contributed by atoms with Gasteiger partial charge in [-0.3, -0.25) is 14.8 Å². The molecule has 2 heterocycles. The number of hydrogen-bond acceptors (Lipinski definition) is 6. The summed E-state index contributed by atoms with van der Waals surface area (Å²) in [6, 6.07) is 8.02. The SMILES string of the molecule is Cc1cnc(C(=O)Cc2cccc([C@]3(C)CCSC(N)=N3)c2)cn1. The van der Waals surface area contributed by atoms with Crippen molar-refractivity contribution in [3.63, 3.8) is 0 Å². The summed E-state index contributed by atoms with van der Waals surface area (Å²) in [4.78, 5) is 25.3. The van der Waals surface area contributed by atoms with Gasteiger partial charge in [0.05, 0.1) is 17.4 Å². The van der Waals surface area contributed by atoms with E-state index in [0.717, 1.165) is 29.0 Å². The third kappa shape index (κ3) is 3.64. The minimum Gasteiger partial charge on any atom is -0.379 e. The smallest absolute Gasteiger partial charge is 0.187 e. The van der Waals surface area contributed by atoms with Gasteiger partial charge in [-0.25, -0.2) is 4.98 Å². The lowest BCUT2D eigenvalue weighted by molar-refractivity contribution is 0.0987. The van der Waals surface area contributed by atoms with E-state index in [1.807, 2.05) is 31.2 Å². The van der Waals surface area contributed by atoms with Crippen LogP contribution in [0.3, 0.4) is 0 Å². The summed E-state index contributed by atoms with van der Waals surface area (Å²) >= 11 is 1.59. The van der Waals surface area contributed by atoms with Gasteiger partial charge in [-0.15, -0.1) is 0 Å². The number of rotatable bonds is 4. The van der Waals surface area contributed by atoms with Gasteiger partial charge in [0, 0.05) is 18.4 Å². The van der Waals surface area contributed by atoms with Gasteiger partial charge in [0.1, 0.15) is 5.69 Å². The van der Waals surface area contributed by atoms with Crippen LogP contribution >= 0.6 is 11.8 Å². The van der Waals surface area contributed by atoms with E-state index in [2.05, 4.69) is 21.9 Å². The highest BCUT2D eigenvalue weighted by Gasteiger charge is 2.29. The van der Waals surface area contributed by atoms with Crippen LogP contribution in [0.2, 0.25) is 0 Å². The van der Waals surface area contributed by atoms with E-state index in [0.29, 0.717) is 17.3 Å². The summed E-state index contributed by atoms with van der Waals surface area (Å²) in [7, 11) is 0. The van der Waals surface area contributed by atoms with Crippen molar-refractivity contribution in [2.45, 2.75) is 32.2 Å². The molecule has 1 atom stereocenters. The number of ketones is 1. The molecule has 0 aliphatic carbocycles. The summed E-state index contributed by atoms with van der Waals surface area (Å²) in [5, 5.41) is 0.625. The maximum atomic E-state index is 12.4. The summed E-state index contributed by atoms with van der Waals surface area (Å²) in [5.41, 5.74) is 8.81. The van der Waals surface area contributed by atoms with Crippen molar-refractivity contribution >= 4 is 22.7 Å². The predicted molar refractivity (Wildman–Crippen MR) is 97.3 cm³/mol. The molecule has 124 valence electrons. The van der Waals surface area contributed by atoms with Crippen LogP contribution in [0.15, 0.2) is 41.7 Å². The molecular weight excluding hydrogens is 320 g/mol. The number of amidine groups is 1. The van der Waals surface area contributed by atoms with Crippen LogP contribution in [-0.4, -0.2) is 26.7 Å². The topological polar surface area (TPSA) is 81.2 Å². The van der Waals surface area contributed by atoms with Crippen LogP contribution in [0.25, 0.3) is 0 Å². The zero-order valence-electron chi connectivity index (χ0n) is 13.8. The van der Waals surface area contributed by atoms with Crippen molar-refractivity contribution in [2.75, 3.05) is 5.75 Å². The van der Waals surface area contributed by atoms with Crippen molar-refractivity contribution in [1.29, 1.82) is 0 Å². The van der Waals surface area contributed by atoms with Gasteiger partial charge in [-0.05, 0) is 31.4 Å². The Morgan fingerprint density at radius 2 is 2.17 bits per heavy atom. The number of aliphatic imine (C=N–C) groups is 1. The number of nitrogens with two attached hydrogens (primary N) is 1. The number of hydrogen-bond donors (Lipinski definition) is 1. The van der Waals surface area contributed by atoms with Gasteiger partial charge in [-0.2, -0.15) is 0 Å². The minimum atomic E-state index is -0.321. The molecule has 1 aliphatic heterocycles. The predicted octanol–water partition coefficient (Wildman–Crippen LogP) is 2.88. The Morgan fingerprint density at radius 1 is 1.33 bits per heavy atom. The normalized spacial score (nSPS) is 20.5. The highest BCUT2D eigenvalue weighted by atomic mass is 32.2. The Bertz CT molecular complexity index is 788. The van der Waals surface area contributed by atoms with Gasteiger partial charge in [-0.1, -0.05) is 36.0 Å². The zero-order chi connectivity index (χ0) is 17.2. The largest absolute Gasteiger partial charge is 0.379 e. The van der Waals surface area contributed by atoms with E-state index in [1.54, 1.807) is 18.0 Å². The molecule has 6 heteroatoms. The minimum absolute atomic E-state index is 0.0352. The van der Waals surface area contributed by atoms with Gasteiger partial charge in [0.2, 0.25) is 0 Å². The number of carbonyl (C=O) groups is 1. The Morgan fingerprint density at radius 3 is 2.88 bits per heavy atom. The molecule has 3 rings (SSSR count). The van der Waals surface area contributed by atoms with Crippen LogP contribution in [0.5, 0.6) is 0 Å². The van der Waals surface area contributed by atoms with Crippen LogP contribution < -0.4 is 5.73 Å². The molecule has 1 aromatic heterocycles. The summed E-state index contributed by atoms with van der Waals surface area (Å²) in [5.74, 6) is 0.917. The highest BCUT2D eigenvalue weighted by Crippen LogP contribution is 2.35. The number of benzene rings is 1. The van der Waals surface area contributed by atoms with Gasteiger partial charge < -0.3 is 5.73 Å². The second kappa shape index (κ2) is 6.73. The van der Waals surface area contributed by atoms with Gasteiger partial charge in [0.25, 0.3) is 0 Å². The second-order valence-corrected chi connectivity index (χ2v) is 7.28. The average Bonchev–Trinajstić information content (AvgIpc) is 2.55. The van der Waals surface area contributed by atoms with Crippen LogP contribution in [0.4, 0.5) is 0 Å². The van der Waals surface area contributed by atoms with Crippen molar-refractivity contribution in [3.05, 3.63) is 59.2 Å². The maximum Gasteiger partial charge on any atom is 0.187 e. The summed E-state index contributed by atoms with van der Waals surface area (Å²) < 4.78 is 0. The molecule has 5 nitrogen and oxygen atoms in total. The number of aryl methyl sites for hydroxylation is 1. The lowest BCUT2D eigenvalue weighted by atomic mass is 9.88. The molecule has 2 N–H and O–H groups in total. The van der Waals surface area contributed by atoms with E-state index >= 15 is 0 Å². The Balaban J connectivity index is 1.82. The first-order valence-electron chi connectivity index (χ1n) is 7.86. The van der Waals surface area contributed by atoms with Gasteiger partial charge >= 0.3 is 0 Å². The molecule has 0 amide bonds. The van der Waals surface area contributed by atoms with E-state index in [1.165, 1.54) is 6.20 Å². The summed E-state index contributed by atoms with van der Waals surface area (Å²) in [6.07, 6.45) is 4.38. The molecule has 0 radical (unpaired) electrons. The van der Waals surface area contributed by atoms with Crippen molar-refractivity contribution in [3.8, 4) is 0 Å². The molecule has 0 bridgehead atoms. The lowest BCUT2D eigenvalue weighted by Gasteiger charge is -2.30. The first kappa shape index (κ1) is 16.6. The van der Waals surface area contributed by atoms with E-state index < -0.39 is 0 Å². The molecule has 0 unspecified atom stereocenters. The average molecular weight is 340 g/mol. The molecule has 0 saturated heterocycles. The standard InChI is InChI=1S/C18H20N4OS/c1-12-10-21-15(11-20-12)16(23)9-13-4-3-5-14(8-13)18(2)6-7-24-17(19)22-18/h3-5,8,10-11H,6-7,9H2,1-2H3,(H2,19,22)/t18-/m0/s1. The third-order valence-electron chi connectivity index (χ3n) is 4.18. The van der Waals surface area contributed by atoms with Gasteiger partial charge in [0.15, 0.2) is 11.0 Å². The highest BCUT2D eigenvalue weighted by molar-refractivity contribution is 8.13.